The zero-order valence-corrected chi connectivity index (χ0v) is 13.4. The second-order valence-electron chi connectivity index (χ2n) is 5.88. The summed E-state index contributed by atoms with van der Waals surface area (Å²) in [6.07, 6.45) is 3.56. The molecule has 0 heterocycles. The van der Waals surface area contributed by atoms with Gasteiger partial charge in [0.05, 0.1) is 6.54 Å². The van der Waals surface area contributed by atoms with Crippen molar-refractivity contribution >= 4 is 11.7 Å². The molecule has 0 aromatic heterocycles. The molecule has 0 aliphatic heterocycles. The molecule has 1 aliphatic rings. The van der Waals surface area contributed by atoms with Crippen molar-refractivity contribution < 1.29 is 9.53 Å². The number of rotatable bonds is 5. The van der Waals surface area contributed by atoms with Crippen LogP contribution in [0.15, 0.2) is 42.5 Å². The molecule has 0 radical (unpaired) electrons. The summed E-state index contributed by atoms with van der Waals surface area (Å²) in [5.41, 5.74) is 4.74. The minimum Gasteiger partial charge on any atom is -0.492 e. The highest BCUT2D eigenvalue weighted by Gasteiger charge is 2.11. The number of anilines is 1. The van der Waals surface area contributed by atoms with E-state index in [1.165, 1.54) is 24.0 Å². The highest BCUT2D eigenvalue weighted by Crippen LogP contribution is 2.25. The molecular formula is C19H22N2O2. The van der Waals surface area contributed by atoms with Crippen LogP contribution in [-0.4, -0.2) is 19.2 Å². The predicted octanol–water partition coefficient (Wildman–Crippen LogP) is 3.68. The van der Waals surface area contributed by atoms with Gasteiger partial charge in [0, 0.05) is 5.69 Å². The van der Waals surface area contributed by atoms with Crippen LogP contribution in [0.2, 0.25) is 0 Å². The van der Waals surface area contributed by atoms with Gasteiger partial charge in [-0.15, -0.1) is 0 Å². The molecule has 3 rings (SSSR count). The summed E-state index contributed by atoms with van der Waals surface area (Å²) in [5.74, 6) is 0.881. The summed E-state index contributed by atoms with van der Waals surface area (Å²) >= 11 is 0. The van der Waals surface area contributed by atoms with Gasteiger partial charge < -0.3 is 15.4 Å². The second-order valence-corrected chi connectivity index (χ2v) is 5.88. The van der Waals surface area contributed by atoms with Crippen molar-refractivity contribution in [2.24, 2.45) is 0 Å². The Kier molecular flexibility index (Phi) is 4.81. The van der Waals surface area contributed by atoms with Gasteiger partial charge in [0.15, 0.2) is 0 Å². The molecule has 2 amide bonds. The minimum absolute atomic E-state index is 0.215. The first-order valence-electron chi connectivity index (χ1n) is 8.07. The molecule has 0 fully saturated rings. The third kappa shape index (κ3) is 4.25. The van der Waals surface area contributed by atoms with Crippen molar-refractivity contribution in [3.05, 3.63) is 59.2 Å². The minimum atomic E-state index is -0.215. The lowest BCUT2D eigenvalue weighted by Gasteiger charge is -2.10. The van der Waals surface area contributed by atoms with Crippen molar-refractivity contribution in [1.82, 2.24) is 5.32 Å². The van der Waals surface area contributed by atoms with Gasteiger partial charge in [-0.2, -0.15) is 0 Å². The SMILES string of the molecule is Cc1cccc(NC(=O)NCCOc2ccc3c(c2)CCC3)c1. The van der Waals surface area contributed by atoms with Gasteiger partial charge in [-0.3, -0.25) is 0 Å². The lowest BCUT2D eigenvalue weighted by molar-refractivity contribution is 0.247. The molecule has 0 saturated carbocycles. The van der Waals surface area contributed by atoms with Crippen molar-refractivity contribution in [1.29, 1.82) is 0 Å². The lowest BCUT2D eigenvalue weighted by atomic mass is 10.1. The van der Waals surface area contributed by atoms with Crippen molar-refractivity contribution in [3.8, 4) is 5.75 Å². The van der Waals surface area contributed by atoms with Crippen LogP contribution < -0.4 is 15.4 Å². The third-order valence-corrected chi connectivity index (χ3v) is 4.00. The van der Waals surface area contributed by atoms with Crippen LogP contribution in [0.1, 0.15) is 23.1 Å². The number of fused-ring (bicyclic) bond motifs is 1. The van der Waals surface area contributed by atoms with Crippen molar-refractivity contribution in [2.45, 2.75) is 26.2 Å². The quantitative estimate of drug-likeness (QED) is 0.828. The summed E-state index contributed by atoms with van der Waals surface area (Å²) in [6, 6.07) is 13.8. The Balaban J connectivity index is 1.40. The Morgan fingerprint density at radius 2 is 2.00 bits per heavy atom. The van der Waals surface area contributed by atoms with Gasteiger partial charge in [0.1, 0.15) is 12.4 Å². The molecule has 2 aromatic carbocycles. The molecule has 4 heteroatoms. The first kappa shape index (κ1) is 15.4. The van der Waals surface area contributed by atoms with Crippen LogP contribution in [0.3, 0.4) is 0 Å². The number of ether oxygens (including phenoxy) is 1. The summed E-state index contributed by atoms with van der Waals surface area (Å²) in [6.45, 7) is 2.92. The lowest BCUT2D eigenvalue weighted by Crippen LogP contribution is -2.32. The highest BCUT2D eigenvalue weighted by molar-refractivity contribution is 5.89. The molecule has 0 saturated heterocycles. The van der Waals surface area contributed by atoms with Gasteiger partial charge >= 0.3 is 6.03 Å². The molecule has 2 N–H and O–H groups in total. The topological polar surface area (TPSA) is 50.4 Å². The largest absolute Gasteiger partial charge is 0.492 e. The van der Waals surface area contributed by atoms with E-state index >= 15 is 0 Å². The van der Waals surface area contributed by atoms with Gasteiger partial charge in [-0.1, -0.05) is 18.2 Å². The zero-order chi connectivity index (χ0) is 16.1. The fourth-order valence-corrected chi connectivity index (χ4v) is 2.87. The van der Waals surface area contributed by atoms with Crippen LogP contribution in [0.25, 0.3) is 0 Å². The van der Waals surface area contributed by atoms with E-state index in [4.69, 9.17) is 4.74 Å². The number of nitrogens with one attached hydrogen (secondary N) is 2. The molecule has 4 nitrogen and oxygen atoms in total. The average Bonchev–Trinajstić information content (AvgIpc) is 2.99. The molecule has 0 unspecified atom stereocenters. The van der Waals surface area contributed by atoms with Crippen molar-refractivity contribution in [3.63, 3.8) is 0 Å². The molecule has 2 aromatic rings. The summed E-state index contributed by atoms with van der Waals surface area (Å²) in [4.78, 5) is 11.8. The zero-order valence-electron chi connectivity index (χ0n) is 13.4. The van der Waals surface area contributed by atoms with Gasteiger partial charge in [0.25, 0.3) is 0 Å². The van der Waals surface area contributed by atoms with Gasteiger partial charge in [0.2, 0.25) is 0 Å². The smallest absolute Gasteiger partial charge is 0.319 e. The molecule has 23 heavy (non-hydrogen) atoms. The number of aryl methyl sites for hydroxylation is 3. The number of carbonyl (C=O) groups excluding carboxylic acids is 1. The van der Waals surface area contributed by atoms with E-state index < -0.39 is 0 Å². The van der Waals surface area contributed by atoms with Crippen LogP contribution in [0.5, 0.6) is 5.75 Å². The Bertz CT molecular complexity index is 698. The molecule has 120 valence electrons. The Hall–Kier alpha value is -2.49. The maximum Gasteiger partial charge on any atom is 0.319 e. The fourth-order valence-electron chi connectivity index (χ4n) is 2.87. The Morgan fingerprint density at radius 1 is 1.13 bits per heavy atom. The Morgan fingerprint density at radius 3 is 2.87 bits per heavy atom. The van der Waals surface area contributed by atoms with Crippen LogP contribution in [-0.2, 0) is 12.8 Å². The third-order valence-electron chi connectivity index (χ3n) is 4.00. The number of amides is 2. The van der Waals surface area contributed by atoms with E-state index in [9.17, 15) is 4.79 Å². The maximum atomic E-state index is 11.8. The standard InChI is InChI=1S/C19H22N2O2/c1-14-4-2-7-17(12-14)21-19(22)20-10-11-23-18-9-8-15-5-3-6-16(15)13-18/h2,4,7-9,12-13H,3,5-6,10-11H2,1H3,(H2,20,21,22). The summed E-state index contributed by atoms with van der Waals surface area (Å²) in [5, 5.41) is 5.61. The van der Waals surface area contributed by atoms with E-state index in [-0.39, 0.29) is 6.03 Å². The number of hydrogen-bond donors (Lipinski definition) is 2. The predicted molar refractivity (Wildman–Crippen MR) is 92.2 cm³/mol. The van der Waals surface area contributed by atoms with Crippen LogP contribution >= 0.6 is 0 Å². The molecule has 1 aliphatic carbocycles. The number of urea groups is 1. The van der Waals surface area contributed by atoms with E-state index in [2.05, 4.69) is 22.8 Å². The molecule has 0 spiro atoms. The van der Waals surface area contributed by atoms with E-state index in [0.29, 0.717) is 13.2 Å². The molecule has 0 atom stereocenters. The first-order chi connectivity index (χ1) is 11.2. The monoisotopic (exact) mass is 310 g/mol. The van der Waals surface area contributed by atoms with Crippen LogP contribution in [0, 0.1) is 6.92 Å². The highest BCUT2D eigenvalue weighted by atomic mass is 16.5. The first-order valence-corrected chi connectivity index (χ1v) is 8.07. The van der Waals surface area contributed by atoms with Gasteiger partial charge in [-0.25, -0.2) is 4.79 Å². The second kappa shape index (κ2) is 7.18. The van der Waals surface area contributed by atoms with Gasteiger partial charge in [-0.05, 0) is 67.1 Å². The fraction of sp³-hybridized carbons (Fsp3) is 0.316. The van der Waals surface area contributed by atoms with Crippen molar-refractivity contribution in [2.75, 3.05) is 18.5 Å². The molecule has 0 bridgehead atoms. The number of hydrogen-bond acceptors (Lipinski definition) is 2. The summed E-state index contributed by atoms with van der Waals surface area (Å²) < 4.78 is 5.71. The normalized spacial score (nSPS) is 12.6. The number of carbonyl (C=O) groups is 1. The number of benzene rings is 2. The maximum absolute atomic E-state index is 11.8. The van der Waals surface area contributed by atoms with E-state index in [1.807, 2.05) is 37.3 Å². The van der Waals surface area contributed by atoms with E-state index in [1.54, 1.807) is 0 Å². The summed E-state index contributed by atoms with van der Waals surface area (Å²) in [7, 11) is 0. The van der Waals surface area contributed by atoms with E-state index in [0.717, 1.165) is 23.4 Å². The average molecular weight is 310 g/mol. The van der Waals surface area contributed by atoms with Crippen LogP contribution in [0.4, 0.5) is 10.5 Å². The molecular weight excluding hydrogens is 288 g/mol. The Labute approximate surface area is 136 Å².